The Hall–Kier alpha value is -9.28. The standard InChI is InChI=1S/C71H46N2S/c1-4-19-47(20-5-1)48-35-37-50(38-36-48)69-55-26-11-10-21-49(55)39-44-66(69)73(52-24-8-3-9-25-52)54-41-43-59-57-28-13-16-31-62(57)71(64(59)46-54)61-30-15-12-27-56(61)58-42-40-53(45-63(58)71)72(51-22-6-2-7-23-51)65-32-18-34-68-70(65)60-29-14-17-33-67(60)74-68/h1-46H. The van der Waals surface area contributed by atoms with Gasteiger partial charge >= 0.3 is 0 Å². The molecule has 1 unspecified atom stereocenters. The molecule has 0 amide bonds. The van der Waals surface area contributed by atoms with Gasteiger partial charge in [0, 0.05) is 48.5 Å². The maximum Gasteiger partial charge on any atom is 0.0727 e. The molecular formula is C71H46N2S. The summed E-state index contributed by atoms with van der Waals surface area (Å²) in [7, 11) is 0. The van der Waals surface area contributed by atoms with Crippen LogP contribution in [0.5, 0.6) is 0 Å². The topological polar surface area (TPSA) is 6.48 Å². The molecule has 346 valence electrons. The SMILES string of the molecule is c1ccc(-c2ccc(-c3c(N(c4ccccc4)c4ccc5c(c4)C4(c6ccccc6-5)c5ccccc5-c5ccc(N(c6ccccc6)c6cccc7sc8ccccc8c67)cc54)ccc4ccccc34)cc2)cc1. The molecule has 0 saturated carbocycles. The van der Waals surface area contributed by atoms with Crippen molar-refractivity contribution in [2.45, 2.75) is 5.41 Å². The van der Waals surface area contributed by atoms with Crippen molar-refractivity contribution in [1.29, 1.82) is 0 Å². The number of hydrogen-bond acceptors (Lipinski definition) is 3. The zero-order valence-electron chi connectivity index (χ0n) is 40.4. The second-order valence-electron chi connectivity index (χ2n) is 19.5. The monoisotopic (exact) mass is 958 g/mol. The predicted octanol–water partition coefficient (Wildman–Crippen LogP) is 19.8. The molecule has 0 radical (unpaired) electrons. The maximum atomic E-state index is 2.52. The summed E-state index contributed by atoms with van der Waals surface area (Å²) in [5.41, 5.74) is 21.1. The Morgan fingerprint density at radius 1 is 0.284 bits per heavy atom. The lowest BCUT2D eigenvalue weighted by molar-refractivity contribution is 0.793. The van der Waals surface area contributed by atoms with Gasteiger partial charge in [-0.3, -0.25) is 0 Å². The van der Waals surface area contributed by atoms with Crippen LogP contribution in [0.25, 0.3) is 75.5 Å². The first-order chi connectivity index (χ1) is 36.7. The van der Waals surface area contributed by atoms with Crippen molar-refractivity contribution < 1.29 is 0 Å². The second-order valence-corrected chi connectivity index (χ2v) is 20.6. The summed E-state index contributed by atoms with van der Waals surface area (Å²) in [5, 5.41) is 4.97. The Morgan fingerprint density at radius 2 is 0.770 bits per heavy atom. The fraction of sp³-hybridized carbons (Fsp3) is 0.0141. The summed E-state index contributed by atoms with van der Waals surface area (Å²) in [5.74, 6) is 0. The summed E-state index contributed by atoms with van der Waals surface area (Å²) in [6, 6.07) is 104. The normalized spacial score (nSPS) is 14.0. The fourth-order valence-corrected chi connectivity index (χ4v) is 13.7. The number of anilines is 6. The van der Waals surface area contributed by atoms with E-state index in [9.17, 15) is 0 Å². The molecular weight excluding hydrogens is 913 g/mol. The Bertz CT molecular complexity index is 4300. The van der Waals surface area contributed by atoms with Crippen LogP contribution in [0.15, 0.2) is 279 Å². The van der Waals surface area contributed by atoms with Gasteiger partial charge in [-0.25, -0.2) is 0 Å². The van der Waals surface area contributed by atoms with E-state index in [0.29, 0.717) is 0 Å². The number of hydrogen-bond donors (Lipinski definition) is 0. The van der Waals surface area contributed by atoms with Crippen LogP contribution in [0.2, 0.25) is 0 Å². The highest BCUT2D eigenvalue weighted by atomic mass is 32.1. The molecule has 2 aliphatic carbocycles. The molecule has 2 aliphatic rings. The molecule has 3 heteroatoms. The highest BCUT2D eigenvalue weighted by Crippen LogP contribution is 2.64. The lowest BCUT2D eigenvalue weighted by Crippen LogP contribution is -2.26. The van der Waals surface area contributed by atoms with Crippen LogP contribution in [0, 0.1) is 0 Å². The molecule has 1 spiro atoms. The molecule has 12 aromatic carbocycles. The van der Waals surface area contributed by atoms with Gasteiger partial charge in [0.2, 0.25) is 0 Å². The van der Waals surface area contributed by atoms with Crippen molar-refractivity contribution in [3.8, 4) is 44.5 Å². The van der Waals surface area contributed by atoms with Crippen LogP contribution in [-0.2, 0) is 5.41 Å². The van der Waals surface area contributed by atoms with Crippen molar-refractivity contribution in [1.82, 2.24) is 0 Å². The van der Waals surface area contributed by atoms with Crippen molar-refractivity contribution >= 4 is 76.4 Å². The number of para-hydroxylation sites is 2. The van der Waals surface area contributed by atoms with Crippen LogP contribution in [-0.4, -0.2) is 0 Å². The maximum absolute atomic E-state index is 2.52. The van der Waals surface area contributed by atoms with E-state index in [2.05, 4.69) is 289 Å². The Balaban J connectivity index is 0.974. The second kappa shape index (κ2) is 16.9. The molecule has 1 atom stereocenters. The summed E-state index contributed by atoms with van der Waals surface area (Å²) in [4.78, 5) is 4.98. The average Bonchev–Trinajstić information content (AvgIpc) is 4.25. The molecule has 13 aromatic rings. The van der Waals surface area contributed by atoms with Crippen molar-refractivity contribution in [3.63, 3.8) is 0 Å². The van der Waals surface area contributed by atoms with Gasteiger partial charge in [-0.2, -0.15) is 0 Å². The third kappa shape index (κ3) is 6.37. The van der Waals surface area contributed by atoms with E-state index in [4.69, 9.17) is 0 Å². The minimum atomic E-state index is -0.616. The van der Waals surface area contributed by atoms with E-state index < -0.39 is 5.41 Å². The average molecular weight is 959 g/mol. The number of rotatable bonds is 8. The predicted molar refractivity (Wildman–Crippen MR) is 313 cm³/mol. The van der Waals surface area contributed by atoms with Gasteiger partial charge in [0.1, 0.15) is 0 Å². The Kier molecular flexibility index (Phi) is 9.70. The molecule has 2 nitrogen and oxygen atoms in total. The first-order valence-electron chi connectivity index (χ1n) is 25.5. The quantitative estimate of drug-likeness (QED) is 0.150. The lowest BCUT2D eigenvalue weighted by atomic mass is 9.70. The first kappa shape index (κ1) is 42.4. The van der Waals surface area contributed by atoms with Gasteiger partial charge in [0.05, 0.1) is 16.8 Å². The van der Waals surface area contributed by atoms with Crippen molar-refractivity contribution in [2.24, 2.45) is 0 Å². The summed E-state index contributed by atoms with van der Waals surface area (Å²) >= 11 is 1.86. The zero-order valence-corrected chi connectivity index (χ0v) is 41.2. The number of fused-ring (bicyclic) bond motifs is 14. The van der Waals surface area contributed by atoms with Crippen molar-refractivity contribution in [3.05, 3.63) is 301 Å². The van der Waals surface area contributed by atoms with Crippen LogP contribution >= 0.6 is 11.3 Å². The zero-order chi connectivity index (χ0) is 48.7. The van der Waals surface area contributed by atoms with E-state index in [1.165, 1.54) is 103 Å². The highest BCUT2D eigenvalue weighted by Gasteiger charge is 2.52. The largest absolute Gasteiger partial charge is 0.310 e. The minimum Gasteiger partial charge on any atom is -0.310 e. The van der Waals surface area contributed by atoms with Gasteiger partial charge < -0.3 is 9.80 Å². The molecule has 0 fully saturated rings. The number of nitrogens with zero attached hydrogens (tertiary/aromatic N) is 2. The third-order valence-electron chi connectivity index (χ3n) is 15.7. The van der Waals surface area contributed by atoms with Gasteiger partial charge in [-0.05, 0) is 145 Å². The third-order valence-corrected chi connectivity index (χ3v) is 16.8. The van der Waals surface area contributed by atoms with E-state index >= 15 is 0 Å². The van der Waals surface area contributed by atoms with E-state index in [1.54, 1.807) is 0 Å². The van der Waals surface area contributed by atoms with Gasteiger partial charge in [0.25, 0.3) is 0 Å². The highest BCUT2D eigenvalue weighted by molar-refractivity contribution is 7.26. The number of thiophene rings is 1. The fourth-order valence-electron chi connectivity index (χ4n) is 12.6. The Labute approximate surface area is 435 Å². The summed E-state index contributed by atoms with van der Waals surface area (Å²) < 4.78 is 2.57. The molecule has 74 heavy (non-hydrogen) atoms. The molecule has 0 N–H and O–H groups in total. The first-order valence-corrected chi connectivity index (χ1v) is 26.3. The van der Waals surface area contributed by atoms with E-state index in [0.717, 1.165) is 28.4 Å². The molecule has 15 rings (SSSR count). The van der Waals surface area contributed by atoms with Crippen molar-refractivity contribution in [2.75, 3.05) is 9.80 Å². The molecule has 0 bridgehead atoms. The van der Waals surface area contributed by atoms with E-state index in [-0.39, 0.29) is 0 Å². The van der Waals surface area contributed by atoms with Gasteiger partial charge in [-0.15, -0.1) is 11.3 Å². The minimum absolute atomic E-state index is 0.616. The van der Waals surface area contributed by atoms with Crippen LogP contribution in [0.4, 0.5) is 34.1 Å². The van der Waals surface area contributed by atoms with Crippen LogP contribution in [0.3, 0.4) is 0 Å². The smallest absolute Gasteiger partial charge is 0.0727 e. The van der Waals surface area contributed by atoms with Gasteiger partial charge in [-0.1, -0.05) is 206 Å². The Morgan fingerprint density at radius 3 is 1.42 bits per heavy atom. The summed E-state index contributed by atoms with van der Waals surface area (Å²) in [6.45, 7) is 0. The van der Waals surface area contributed by atoms with Gasteiger partial charge in [0.15, 0.2) is 0 Å². The molecule has 0 saturated heterocycles. The molecule has 0 aliphatic heterocycles. The van der Waals surface area contributed by atoms with Crippen LogP contribution < -0.4 is 9.80 Å². The molecule has 1 heterocycles. The molecule has 1 aromatic heterocycles. The summed E-state index contributed by atoms with van der Waals surface area (Å²) in [6.07, 6.45) is 0. The van der Waals surface area contributed by atoms with Crippen LogP contribution in [0.1, 0.15) is 22.3 Å². The van der Waals surface area contributed by atoms with E-state index in [1.807, 2.05) is 11.3 Å². The number of benzene rings is 12. The lowest BCUT2D eigenvalue weighted by Gasteiger charge is -2.34.